The molecule has 0 aromatic heterocycles. The lowest BCUT2D eigenvalue weighted by atomic mass is 10.1. The molecule has 0 saturated carbocycles. The molecule has 0 unspecified atom stereocenters. The third kappa shape index (κ3) is 4.33. The van der Waals surface area contributed by atoms with Gasteiger partial charge in [0, 0.05) is 18.7 Å². The standard InChI is InChI=1S/C19H21F2N3O/c1-2-18(23-22-16-6-4-15(20)5-7-16)14-3-8-19(17(21)13-14)24-9-11-25-12-10-24/h3-8,13,22H,2,9-12H2,1H3/b23-18+. The number of hydrogen-bond acceptors (Lipinski definition) is 4. The van der Waals surface area contributed by atoms with Crippen molar-refractivity contribution in [3.8, 4) is 0 Å². The Morgan fingerprint density at radius 2 is 1.84 bits per heavy atom. The molecule has 25 heavy (non-hydrogen) atoms. The van der Waals surface area contributed by atoms with Crippen molar-refractivity contribution in [2.75, 3.05) is 36.6 Å². The Labute approximate surface area is 146 Å². The third-order valence-electron chi connectivity index (χ3n) is 4.13. The van der Waals surface area contributed by atoms with Crippen LogP contribution in [0.25, 0.3) is 0 Å². The van der Waals surface area contributed by atoms with Crippen molar-refractivity contribution >= 4 is 17.1 Å². The average molecular weight is 345 g/mol. The fraction of sp³-hybridized carbons (Fsp3) is 0.316. The molecule has 0 atom stereocenters. The highest BCUT2D eigenvalue weighted by Crippen LogP contribution is 2.22. The van der Waals surface area contributed by atoms with Gasteiger partial charge in [-0.15, -0.1) is 0 Å². The van der Waals surface area contributed by atoms with E-state index >= 15 is 0 Å². The summed E-state index contributed by atoms with van der Waals surface area (Å²) in [5, 5.41) is 4.34. The number of anilines is 2. The summed E-state index contributed by atoms with van der Waals surface area (Å²) in [6, 6.07) is 11.1. The second kappa shape index (κ2) is 8.07. The van der Waals surface area contributed by atoms with E-state index in [1.54, 1.807) is 18.2 Å². The molecule has 1 saturated heterocycles. The third-order valence-corrected chi connectivity index (χ3v) is 4.13. The normalized spacial score (nSPS) is 15.3. The van der Waals surface area contributed by atoms with Crippen molar-refractivity contribution in [2.24, 2.45) is 5.10 Å². The summed E-state index contributed by atoms with van der Waals surface area (Å²) in [6.45, 7) is 4.57. The van der Waals surface area contributed by atoms with Gasteiger partial charge in [-0.05, 0) is 42.8 Å². The van der Waals surface area contributed by atoms with Gasteiger partial charge < -0.3 is 9.64 Å². The van der Waals surface area contributed by atoms with E-state index in [9.17, 15) is 8.78 Å². The van der Waals surface area contributed by atoms with Gasteiger partial charge in [0.25, 0.3) is 0 Å². The highest BCUT2D eigenvalue weighted by Gasteiger charge is 2.16. The second-order valence-corrected chi connectivity index (χ2v) is 5.80. The summed E-state index contributed by atoms with van der Waals surface area (Å²) in [5.41, 5.74) is 5.62. The van der Waals surface area contributed by atoms with Crippen LogP contribution in [0.1, 0.15) is 18.9 Å². The molecule has 0 bridgehead atoms. The number of rotatable bonds is 5. The minimum absolute atomic E-state index is 0.262. The summed E-state index contributed by atoms with van der Waals surface area (Å²) >= 11 is 0. The number of ether oxygens (including phenoxy) is 1. The summed E-state index contributed by atoms with van der Waals surface area (Å²) in [7, 11) is 0. The van der Waals surface area contributed by atoms with Crippen molar-refractivity contribution in [1.29, 1.82) is 0 Å². The average Bonchev–Trinajstić information content (AvgIpc) is 2.64. The molecule has 2 aromatic rings. The Morgan fingerprint density at radius 3 is 2.48 bits per heavy atom. The zero-order chi connectivity index (χ0) is 17.6. The minimum Gasteiger partial charge on any atom is -0.378 e. The molecule has 0 radical (unpaired) electrons. The van der Waals surface area contributed by atoms with E-state index in [2.05, 4.69) is 10.5 Å². The fourth-order valence-corrected chi connectivity index (χ4v) is 2.75. The molecule has 0 amide bonds. The molecular weight excluding hydrogens is 324 g/mol. The molecule has 4 nitrogen and oxygen atoms in total. The number of hydrazone groups is 1. The molecule has 1 N–H and O–H groups in total. The first-order valence-electron chi connectivity index (χ1n) is 8.38. The fourth-order valence-electron chi connectivity index (χ4n) is 2.75. The number of benzene rings is 2. The van der Waals surface area contributed by atoms with Gasteiger partial charge in [-0.1, -0.05) is 13.0 Å². The lowest BCUT2D eigenvalue weighted by molar-refractivity contribution is 0.122. The lowest BCUT2D eigenvalue weighted by Crippen LogP contribution is -2.36. The Balaban J connectivity index is 1.77. The van der Waals surface area contributed by atoms with Gasteiger partial charge in [-0.25, -0.2) is 8.78 Å². The van der Waals surface area contributed by atoms with Gasteiger partial charge in [0.05, 0.1) is 30.3 Å². The molecule has 2 aromatic carbocycles. The molecule has 132 valence electrons. The SMILES string of the molecule is CC/C(=N\Nc1ccc(F)cc1)c1ccc(N2CCOCC2)c(F)c1. The topological polar surface area (TPSA) is 36.9 Å². The van der Waals surface area contributed by atoms with E-state index in [0.717, 1.165) is 11.3 Å². The van der Waals surface area contributed by atoms with Gasteiger partial charge in [0.15, 0.2) is 0 Å². The van der Waals surface area contributed by atoms with Crippen LogP contribution in [0.5, 0.6) is 0 Å². The quantitative estimate of drug-likeness (QED) is 0.657. The Morgan fingerprint density at radius 1 is 1.12 bits per heavy atom. The molecule has 0 spiro atoms. The molecule has 1 fully saturated rings. The van der Waals surface area contributed by atoms with Crippen LogP contribution in [0, 0.1) is 11.6 Å². The van der Waals surface area contributed by atoms with E-state index in [1.165, 1.54) is 18.2 Å². The highest BCUT2D eigenvalue weighted by molar-refractivity contribution is 6.01. The van der Waals surface area contributed by atoms with E-state index in [0.29, 0.717) is 44.1 Å². The molecule has 3 rings (SSSR count). The van der Waals surface area contributed by atoms with Crippen LogP contribution in [0.4, 0.5) is 20.2 Å². The second-order valence-electron chi connectivity index (χ2n) is 5.80. The van der Waals surface area contributed by atoms with Gasteiger partial charge in [0.2, 0.25) is 0 Å². The van der Waals surface area contributed by atoms with Crippen LogP contribution in [0.15, 0.2) is 47.6 Å². The maximum absolute atomic E-state index is 14.5. The van der Waals surface area contributed by atoms with Crippen molar-refractivity contribution in [1.82, 2.24) is 0 Å². The van der Waals surface area contributed by atoms with E-state index in [-0.39, 0.29) is 11.6 Å². The number of nitrogens with one attached hydrogen (secondary N) is 1. The number of hydrogen-bond donors (Lipinski definition) is 1. The maximum Gasteiger partial charge on any atom is 0.147 e. The molecule has 6 heteroatoms. The van der Waals surface area contributed by atoms with Crippen LogP contribution in [0.2, 0.25) is 0 Å². The largest absolute Gasteiger partial charge is 0.378 e. The number of nitrogens with zero attached hydrogens (tertiary/aromatic N) is 2. The van der Waals surface area contributed by atoms with Gasteiger partial charge >= 0.3 is 0 Å². The zero-order valence-corrected chi connectivity index (χ0v) is 14.1. The summed E-state index contributed by atoms with van der Waals surface area (Å²) < 4.78 is 32.8. The van der Waals surface area contributed by atoms with Crippen LogP contribution in [-0.4, -0.2) is 32.0 Å². The summed E-state index contributed by atoms with van der Waals surface area (Å²) in [5.74, 6) is -0.562. The van der Waals surface area contributed by atoms with Crippen molar-refractivity contribution in [2.45, 2.75) is 13.3 Å². The van der Waals surface area contributed by atoms with Gasteiger partial charge in [-0.2, -0.15) is 5.10 Å². The van der Waals surface area contributed by atoms with Crippen LogP contribution in [0.3, 0.4) is 0 Å². The zero-order valence-electron chi connectivity index (χ0n) is 14.1. The first-order chi connectivity index (χ1) is 12.2. The molecule has 1 aliphatic rings. The van der Waals surface area contributed by atoms with Crippen LogP contribution in [-0.2, 0) is 4.74 Å². The highest BCUT2D eigenvalue weighted by atomic mass is 19.1. The van der Waals surface area contributed by atoms with E-state index in [4.69, 9.17) is 4.74 Å². The number of morpholine rings is 1. The summed E-state index contributed by atoms with van der Waals surface area (Å²) in [6.07, 6.45) is 0.643. The van der Waals surface area contributed by atoms with Gasteiger partial charge in [-0.3, -0.25) is 5.43 Å². The van der Waals surface area contributed by atoms with E-state index in [1.807, 2.05) is 17.9 Å². The van der Waals surface area contributed by atoms with Crippen LogP contribution >= 0.6 is 0 Å². The Hall–Kier alpha value is -2.47. The molecular formula is C19H21F2N3O. The maximum atomic E-state index is 14.5. The van der Waals surface area contributed by atoms with Crippen molar-refractivity contribution < 1.29 is 13.5 Å². The van der Waals surface area contributed by atoms with Crippen molar-refractivity contribution in [3.63, 3.8) is 0 Å². The Bertz CT molecular complexity index is 741. The molecule has 0 aliphatic carbocycles. The first kappa shape index (κ1) is 17.4. The smallest absolute Gasteiger partial charge is 0.147 e. The minimum atomic E-state index is -0.300. The van der Waals surface area contributed by atoms with Gasteiger partial charge in [0.1, 0.15) is 11.6 Å². The summed E-state index contributed by atoms with van der Waals surface area (Å²) in [4.78, 5) is 1.99. The predicted octanol–water partition coefficient (Wildman–Crippen LogP) is 4.03. The van der Waals surface area contributed by atoms with Crippen molar-refractivity contribution in [3.05, 3.63) is 59.7 Å². The number of halogens is 2. The Kier molecular flexibility index (Phi) is 5.60. The predicted molar refractivity (Wildman–Crippen MR) is 96.3 cm³/mol. The first-order valence-corrected chi connectivity index (χ1v) is 8.38. The monoisotopic (exact) mass is 345 g/mol. The molecule has 1 aliphatic heterocycles. The van der Waals surface area contributed by atoms with Crippen LogP contribution < -0.4 is 10.3 Å². The van der Waals surface area contributed by atoms with E-state index < -0.39 is 0 Å². The lowest BCUT2D eigenvalue weighted by Gasteiger charge is -2.29. The molecule has 1 heterocycles.